The first-order valence-corrected chi connectivity index (χ1v) is 6.61. The van der Waals surface area contributed by atoms with E-state index in [4.69, 9.17) is 9.95 Å². The fourth-order valence-electron chi connectivity index (χ4n) is 2.46. The number of nitrogens with zero attached hydrogens (tertiary/aromatic N) is 3. The quantitative estimate of drug-likeness (QED) is 0.511. The summed E-state index contributed by atoms with van der Waals surface area (Å²) in [6.45, 7) is 2.29. The molecule has 19 heavy (non-hydrogen) atoms. The van der Waals surface area contributed by atoms with Crippen LogP contribution in [0, 0.1) is 5.92 Å². The van der Waals surface area contributed by atoms with Gasteiger partial charge in [0.2, 0.25) is 0 Å². The molecule has 0 spiro atoms. The van der Waals surface area contributed by atoms with Gasteiger partial charge in [0.1, 0.15) is 5.76 Å². The molecule has 0 bridgehead atoms. The summed E-state index contributed by atoms with van der Waals surface area (Å²) in [4.78, 5) is 14.7. The van der Waals surface area contributed by atoms with Crippen LogP contribution in [-0.2, 0) is 6.54 Å². The molecular formula is C13H18N4O2. The van der Waals surface area contributed by atoms with Gasteiger partial charge >= 0.3 is 0 Å². The molecule has 1 aliphatic rings. The Morgan fingerprint density at radius 1 is 1.53 bits per heavy atom. The third-order valence-electron chi connectivity index (χ3n) is 3.60. The van der Waals surface area contributed by atoms with Crippen molar-refractivity contribution in [2.75, 3.05) is 0 Å². The van der Waals surface area contributed by atoms with Gasteiger partial charge in [-0.25, -0.2) is 0 Å². The number of nitrogens with one attached hydrogen (secondary N) is 1. The second-order valence-corrected chi connectivity index (χ2v) is 5.00. The molecule has 1 amide bonds. The first-order chi connectivity index (χ1) is 9.20. The molecule has 2 unspecified atom stereocenters. The topological polar surface area (TPSA) is 91.0 Å². The fraction of sp³-hybridized carbons (Fsp3) is 0.615. The maximum atomic E-state index is 12.0. The van der Waals surface area contributed by atoms with E-state index < -0.39 is 0 Å². The highest BCUT2D eigenvalue weighted by Gasteiger charge is 2.24. The Bertz CT molecular complexity index is 491. The molecule has 1 aromatic heterocycles. The Kier molecular flexibility index (Phi) is 4.47. The second kappa shape index (κ2) is 6.29. The summed E-state index contributed by atoms with van der Waals surface area (Å²) in [6, 6.07) is 3.51. The molecule has 0 aromatic carbocycles. The smallest absolute Gasteiger partial charge is 0.287 e. The minimum absolute atomic E-state index is 0.129. The van der Waals surface area contributed by atoms with Crippen molar-refractivity contribution in [3.05, 3.63) is 34.1 Å². The summed E-state index contributed by atoms with van der Waals surface area (Å²) in [5.74, 6) is 1.10. The van der Waals surface area contributed by atoms with Crippen molar-refractivity contribution < 1.29 is 9.21 Å². The molecule has 1 N–H and O–H groups in total. The lowest BCUT2D eigenvalue weighted by Crippen LogP contribution is -2.40. The molecule has 0 aliphatic heterocycles. The Balaban J connectivity index is 1.95. The summed E-state index contributed by atoms with van der Waals surface area (Å²) >= 11 is 0. The van der Waals surface area contributed by atoms with Crippen LogP contribution in [0.15, 0.2) is 21.7 Å². The van der Waals surface area contributed by atoms with Gasteiger partial charge in [-0.15, -0.1) is 0 Å². The summed E-state index contributed by atoms with van der Waals surface area (Å²) < 4.78 is 5.35. The molecule has 6 nitrogen and oxygen atoms in total. The summed E-state index contributed by atoms with van der Waals surface area (Å²) in [5.41, 5.74) is 8.23. The SMILES string of the molecule is CC1CCCCC1NC(=O)c1ccc(CN=[N+]=[N-])o1. The van der Waals surface area contributed by atoms with E-state index in [1.54, 1.807) is 12.1 Å². The lowest BCUT2D eigenvalue weighted by Gasteiger charge is -2.29. The molecule has 1 aliphatic carbocycles. The van der Waals surface area contributed by atoms with Crippen LogP contribution < -0.4 is 5.32 Å². The van der Waals surface area contributed by atoms with Crippen molar-refractivity contribution >= 4 is 5.91 Å². The van der Waals surface area contributed by atoms with Crippen LogP contribution in [0.25, 0.3) is 10.4 Å². The van der Waals surface area contributed by atoms with E-state index in [0.717, 1.165) is 19.3 Å². The van der Waals surface area contributed by atoms with Crippen LogP contribution in [0.4, 0.5) is 0 Å². The molecule has 1 saturated carbocycles. The minimum Gasteiger partial charge on any atom is -0.456 e. The van der Waals surface area contributed by atoms with E-state index in [1.165, 1.54) is 6.42 Å². The van der Waals surface area contributed by atoms with Crippen molar-refractivity contribution in [1.29, 1.82) is 0 Å². The van der Waals surface area contributed by atoms with Gasteiger partial charge in [-0.3, -0.25) is 4.79 Å². The van der Waals surface area contributed by atoms with Gasteiger partial charge in [-0.2, -0.15) is 0 Å². The number of carbonyl (C=O) groups is 1. The maximum Gasteiger partial charge on any atom is 0.287 e. The van der Waals surface area contributed by atoms with Crippen LogP contribution in [0.5, 0.6) is 0 Å². The number of amides is 1. The summed E-state index contributed by atoms with van der Waals surface area (Å²) in [6.07, 6.45) is 4.59. The monoisotopic (exact) mass is 262 g/mol. The zero-order valence-electron chi connectivity index (χ0n) is 11.0. The van der Waals surface area contributed by atoms with Crippen molar-refractivity contribution in [2.45, 2.75) is 45.2 Å². The third-order valence-corrected chi connectivity index (χ3v) is 3.60. The highest BCUT2D eigenvalue weighted by molar-refractivity contribution is 5.91. The fourth-order valence-corrected chi connectivity index (χ4v) is 2.46. The maximum absolute atomic E-state index is 12.0. The number of hydrogen-bond acceptors (Lipinski definition) is 3. The largest absolute Gasteiger partial charge is 0.456 e. The van der Waals surface area contributed by atoms with Crippen molar-refractivity contribution in [3.63, 3.8) is 0 Å². The average Bonchev–Trinajstić information content (AvgIpc) is 2.88. The predicted octanol–water partition coefficient (Wildman–Crippen LogP) is 3.40. The summed E-state index contributed by atoms with van der Waals surface area (Å²) in [5, 5.41) is 6.42. The standard InChI is InChI=1S/C13H18N4O2/c1-9-4-2-3-5-11(9)16-13(18)12-7-6-10(19-12)8-15-17-14/h6-7,9,11H,2-5,8H2,1H3,(H,16,18). The second-order valence-electron chi connectivity index (χ2n) is 5.00. The Morgan fingerprint density at radius 2 is 2.32 bits per heavy atom. The molecule has 1 fully saturated rings. The molecule has 1 heterocycles. The van der Waals surface area contributed by atoms with Crippen LogP contribution in [-0.4, -0.2) is 11.9 Å². The van der Waals surface area contributed by atoms with E-state index in [-0.39, 0.29) is 24.3 Å². The van der Waals surface area contributed by atoms with Gasteiger partial charge in [-0.05, 0) is 36.4 Å². The van der Waals surface area contributed by atoms with E-state index in [0.29, 0.717) is 11.7 Å². The first-order valence-electron chi connectivity index (χ1n) is 6.61. The number of carbonyl (C=O) groups excluding carboxylic acids is 1. The van der Waals surface area contributed by atoms with E-state index in [2.05, 4.69) is 22.3 Å². The van der Waals surface area contributed by atoms with Gasteiger partial charge in [-0.1, -0.05) is 24.9 Å². The summed E-state index contributed by atoms with van der Waals surface area (Å²) in [7, 11) is 0. The zero-order valence-corrected chi connectivity index (χ0v) is 11.0. The van der Waals surface area contributed by atoms with Crippen molar-refractivity contribution in [1.82, 2.24) is 5.32 Å². The molecule has 102 valence electrons. The van der Waals surface area contributed by atoms with Crippen LogP contribution >= 0.6 is 0 Å². The number of furan rings is 1. The van der Waals surface area contributed by atoms with Crippen LogP contribution in [0.2, 0.25) is 0 Å². The third kappa shape index (κ3) is 3.51. The predicted molar refractivity (Wildman–Crippen MR) is 70.4 cm³/mol. The van der Waals surface area contributed by atoms with Crippen molar-refractivity contribution in [2.24, 2.45) is 11.0 Å². The van der Waals surface area contributed by atoms with Gasteiger partial charge in [0.15, 0.2) is 5.76 Å². The van der Waals surface area contributed by atoms with E-state index >= 15 is 0 Å². The number of hydrogen-bond donors (Lipinski definition) is 1. The van der Waals surface area contributed by atoms with Crippen LogP contribution in [0.3, 0.4) is 0 Å². The first kappa shape index (κ1) is 13.5. The molecule has 6 heteroatoms. The number of rotatable bonds is 4. The number of azide groups is 1. The van der Waals surface area contributed by atoms with Crippen molar-refractivity contribution in [3.8, 4) is 0 Å². The van der Waals surface area contributed by atoms with Gasteiger partial charge < -0.3 is 9.73 Å². The molecule has 2 atom stereocenters. The minimum atomic E-state index is -0.189. The Hall–Kier alpha value is -1.94. The molecule has 0 saturated heterocycles. The average molecular weight is 262 g/mol. The molecule has 0 radical (unpaired) electrons. The Labute approximate surface area is 111 Å². The zero-order chi connectivity index (χ0) is 13.7. The Morgan fingerprint density at radius 3 is 3.05 bits per heavy atom. The van der Waals surface area contributed by atoms with Gasteiger partial charge in [0.05, 0.1) is 6.54 Å². The normalized spacial score (nSPS) is 22.6. The molecular weight excluding hydrogens is 244 g/mol. The molecule has 2 rings (SSSR count). The van der Waals surface area contributed by atoms with E-state index in [9.17, 15) is 4.79 Å². The highest BCUT2D eigenvalue weighted by Crippen LogP contribution is 2.24. The molecule has 1 aromatic rings. The van der Waals surface area contributed by atoms with Crippen LogP contribution in [0.1, 0.15) is 48.9 Å². The van der Waals surface area contributed by atoms with Gasteiger partial charge in [0.25, 0.3) is 5.91 Å². The van der Waals surface area contributed by atoms with E-state index in [1.807, 2.05) is 0 Å². The lowest BCUT2D eigenvalue weighted by atomic mass is 9.86. The van der Waals surface area contributed by atoms with Gasteiger partial charge in [0, 0.05) is 11.0 Å². The lowest BCUT2D eigenvalue weighted by molar-refractivity contribution is 0.0880. The highest BCUT2D eigenvalue weighted by atomic mass is 16.4.